The largest absolute Gasteiger partial charge is 0.398 e. The second-order valence-electron chi connectivity index (χ2n) is 5.71. The normalized spacial score (nSPS) is 23.9. The van der Waals surface area contributed by atoms with Crippen molar-refractivity contribution in [1.29, 1.82) is 0 Å². The van der Waals surface area contributed by atoms with E-state index < -0.39 is 15.9 Å². The molecule has 1 aliphatic rings. The number of hydrogen-bond donors (Lipinski definition) is 2. The number of sulfonamides is 1. The van der Waals surface area contributed by atoms with Crippen molar-refractivity contribution >= 4 is 21.6 Å². The summed E-state index contributed by atoms with van der Waals surface area (Å²) >= 11 is 0. The first-order valence-corrected chi connectivity index (χ1v) is 8.38. The van der Waals surface area contributed by atoms with Gasteiger partial charge in [-0.05, 0) is 43.9 Å². The molecular formula is C14H21N3O3S. The molecule has 1 heterocycles. The molecule has 0 spiro atoms. The second kappa shape index (κ2) is 5.65. The summed E-state index contributed by atoms with van der Waals surface area (Å²) in [5.41, 5.74) is 11.2. The highest BCUT2D eigenvalue weighted by Gasteiger charge is 2.34. The second-order valence-corrected chi connectivity index (χ2v) is 7.57. The molecule has 1 aromatic rings. The van der Waals surface area contributed by atoms with Gasteiger partial charge in [0, 0.05) is 18.2 Å². The van der Waals surface area contributed by atoms with E-state index in [1.165, 1.54) is 22.5 Å². The summed E-state index contributed by atoms with van der Waals surface area (Å²) in [5.74, 6) is -0.119. The lowest BCUT2D eigenvalue weighted by Crippen LogP contribution is -2.44. The van der Waals surface area contributed by atoms with Crippen molar-refractivity contribution in [2.75, 3.05) is 12.3 Å². The third-order valence-electron chi connectivity index (χ3n) is 3.96. The molecule has 21 heavy (non-hydrogen) atoms. The Balaban J connectivity index is 2.38. The van der Waals surface area contributed by atoms with Gasteiger partial charge in [-0.15, -0.1) is 0 Å². The predicted molar refractivity (Wildman–Crippen MR) is 81.1 cm³/mol. The molecule has 0 aromatic heterocycles. The average Bonchev–Trinajstić information content (AvgIpc) is 2.37. The van der Waals surface area contributed by atoms with Crippen molar-refractivity contribution < 1.29 is 13.2 Å². The average molecular weight is 311 g/mol. The van der Waals surface area contributed by atoms with Gasteiger partial charge >= 0.3 is 0 Å². The molecule has 4 N–H and O–H groups in total. The summed E-state index contributed by atoms with van der Waals surface area (Å²) in [6.45, 7) is 4.51. The van der Waals surface area contributed by atoms with Gasteiger partial charge in [-0.3, -0.25) is 4.79 Å². The van der Waals surface area contributed by atoms with Crippen LogP contribution in [0.15, 0.2) is 23.1 Å². The number of nitrogens with zero attached hydrogens (tertiary/aromatic N) is 1. The SMILES string of the molecule is CC1CCN(S(=O)(=O)c2ccc(C(N)=O)cc2N)C(C)C1. The van der Waals surface area contributed by atoms with E-state index >= 15 is 0 Å². The monoisotopic (exact) mass is 311 g/mol. The van der Waals surface area contributed by atoms with Crippen LogP contribution in [-0.4, -0.2) is 31.2 Å². The van der Waals surface area contributed by atoms with E-state index in [0.717, 1.165) is 12.8 Å². The minimum absolute atomic E-state index is 0.0360. The molecule has 2 rings (SSSR count). The molecule has 1 amide bonds. The highest BCUT2D eigenvalue weighted by Crippen LogP contribution is 2.30. The van der Waals surface area contributed by atoms with Gasteiger partial charge in [-0.1, -0.05) is 6.92 Å². The van der Waals surface area contributed by atoms with Gasteiger partial charge < -0.3 is 11.5 Å². The van der Waals surface area contributed by atoms with Crippen LogP contribution < -0.4 is 11.5 Å². The zero-order valence-corrected chi connectivity index (χ0v) is 13.1. The number of rotatable bonds is 3. The molecule has 116 valence electrons. The van der Waals surface area contributed by atoms with Gasteiger partial charge in [0.15, 0.2) is 0 Å². The Kier molecular flexibility index (Phi) is 4.25. The van der Waals surface area contributed by atoms with Gasteiger partial charge in [0.2, 0.25) is 15.9 Å². The summed E-state index contributed by atoms with van der Waals surface area (Å²) in [7, 11) is -3.65. The van der Waals surface area contributed by atoms with Crippen LogP contribution in [0.1, 0.15) is 37.0 Å². The van der Waals surface area contributed by atoms with Crippen LogP contribution in [0.4, 0.5) is 5.69 Å². The van der Waals surface area contributed by atoms with Gasteiger partial charge in [0.05, 0.1) is 5.69 Å². The van der Waals surface area contributed by atoms with Crippen molar-refractivity contribution in [2.45, 2.75) is 37.6 Å². The van der Waals surface area contributed by atoms with Crippen molar-refractivity contribution in [1.82, 2.24) is 4.31 Å². The summed E-state index contributed by atoms with van der Waals surface area (Å²) in [5, 5.41) is 0. The number of hydrogen-bond acceptors (Lipinski definition) is 4. The number of amides is 1. The van der Waals surface area contributed by atoms with Gasteiger partial charge in [-0.25, -0.2) is 8.42 Å². The minimum atomic E-state index is -3.65. The Hall–Kier alpha value is -1.60. The Labute approximate surface area is 125 Å². The van der Waals surface area contributed by atoms with Crippen LogP contribution in [0, 0.1) is 5.92 Å². The standard InChI is InChI=1S/C14H21N3O3S/c1-9-5-6-17(10(2)7-9)21(19,20)13-4-3-11(14(16)18)8-12(13)15/h3-4,8-10H,5-7,15H2,1-2H3,(H2,16,18). The van der Waals surface area contributed by atoms with Crippen LogP contribution in [0.5, 0.6) is 0 Å². The molecule has 1 aliphatic heterocycles. The summed E-state index contributed by atoms with van der Waals surface area (Å²) in [6.07, 6.45) is 1.67. The smallest absolute Gasteiger partial charge is 0.248 e. The van der Waals surface area contributed by atoms with E-state index in [1.54, 1.807) is 0 Å². The van der Waals surface area contributed by atoms with E-state index in [9.17, 15) is 13.2 Å². The molecule has 0 aliphatic carbocycles. The lowest BCUT2D eigenvalue weighted by Gasteiger charge is -2.35. The fourth-order valence-corrected chi connectivity index (χ4v) is 4.56. The zero-order chi connectivity index (χ0) is 15.8. The predicted octanol–water partition coefficient (Wildman–Crippen LogP) is 1.18. The summed E-state index contributed by atoms with van der Waals surface area (Å²) < 4.78 is 27.0. The van der Waals surface area contributed by atoms with Crippen LogP contribution in [-0.2, 0) is 10.0 Å². The first kappa shape index (κ1) is 15.8. The topological polar surface area (TPSA) is 106 Å². The first-order chi connectivity index (χ1) is 9.73. The number of nitrogens with two attached hydrogens (primary N) is 2. The Bertz CT molecular complexity index is 657. The molecule has 7 heteroatoms. The molecule has 1 fully saturated rings. The lowest BCUT2D eigenvalue weighted by atomic mass is 9.95. The third-order valence-corrected chi connectivity index (χ3v) is 6.05. The maximum absolute atomic E-state index is 12.7. The highest BCUT2D eigenvalue weighted by molar-refractivity contribution is 7.89. The number of anilines is 1. The molecule has 1 aromatic carbocycles. The molecule has 1 saturated heterocycles. The molecular weight excluding hydrogens is 290 g/mol. The third kappa shape index (κ3) is 3.03. The number of piperidine rings is 1. The van der Waals surface area contributed by atoms with Gasteiger partial charge in [-0.2, -0.15) is 4.31 Å². The summed E-state index contributed by atoms with van der Waals surface area (Å²) in [4.78, 5) is 11.1. The van der Waals surface area contributed by atoms with Crippen molar-refractivity contribution in [2.24, 2.45) is 11.7 Å². The maximum atomic E-state index is 12.7. The van der Waals surface area contributed by atoms with Gasteiger partial charge in [0.25, 0.3) is 0 Å². The number of primary amides is 1. The van der Waals surface area contributed by atoms with Crippen molar-refractivity contribution in [3.05, 3.63) is 23.8 Å². The van der Waals surface area contributed by atoms with E-state index in [1.807, 2.05) is 6.92 Å². The van der Waals surface area contributed by atoms with E-state index in [4.69, 9.17) is 11.5 Å². The van der Waals surface area contributed by atoms with Crippen LogP contribution in [0.25, 0.3) is 0 Å². The Morgan fingerprint density at radius 2 is 2.00 bits per heavy atom. The fraction of sp³-hybridized carbons (Fsp3) is 0.500. The summed E-state index contributed by atoms with van der Waals surface area (Å²) in [6, 6.07) is 4.00. The van der Waals surface area contributed by atoms with Gasteiger partial charge in [0.1, 0.15) is 4.90 Å². The molecule has 2 atom stereocenters. The van der Waals surface area contributed by atoms with Crippen LogP contribution in [0.2, 0.25) is 0 Å². The quantitative estimate of drug-likeness (QED) is 0.817. The number of nitrogen functional groups attached to an aromatic ring is 1. The van der Waals surface area contributed by atoms with Crippen molar-refractivity contribution in [3.8, 4) is 0 Å². The zero-order valence-electron chi connectivity index (χ0n) is 12.2. The fourth-order valence-electron chi connectivity index (χ4n) is 2.81. The molecule has 0 radical (unpaired) electrons. The maximum Gasteiger partial charge on any atom is 0.248 e. The van der Waals surface area contributed by atoms with E-state index in [-0.39, 0.29) is 22.2 Å². The van der Waals surface area contributed by atoms with Crippen molar-refractivity contribution in [3.63, 3.8) is 0 Å². The minimum Gasteiger partial charge on any atom is -0.398 e. The number of carbonyl (C=O) groups excluding carboxylic acids is 1. The Morgan fingerprint density at radius 3 is 2.52 bits per heavy atom. The first-order valence-electron chi connectivity index (χ1n) is 6.94. The van der Waals surface area contributed by atoms with E-state index in [2.05, 4.69) is 6.92 Å². The number of carbonyl (C=O) groups is 1. The van der Waals surface area contributed by atoms with Crippen LogP contribution >= 0.6 is 0 Å². The van der Waals surface area contributed by atoms with E-state index in [0.29, 0.717) is 12.5 Å². The molecule has 0 bridgehead atoms. The highest BCUT2D eigenvalue weighted by atomic mass is 32.2. The van der Waals surface area contributed by atoms with Crippen LogP contribution in [0.3, 0.4) is 0 Å². The molecule has 0 saturated carbocycles. The molecule has 6 nitrogen and oxygen atoms in total. The lowest BCUT2D eigenvalue weighted by molar-refractivity contribution is 0.1000. The number of benzene rings is 1. The molecule has 2 unspecified atom stereocenters. The Morgan fingerprint density at radius 1 is 1.33 bits per heavy atom.